The van der Waals surface area contributed by atoms with Crippen LogP contribution in [-0.2, 0) is 11.8 Å². The number of carbonyl (C=O) groups is 1. The number of amides is 1. The van der Waals surface area contributed by atoms with Crippen molar-refractivity contribution in [1.29, 1.82) is 0 Å². The van der Waals surface area contributed by atoms with E-state index in [0.717, 1.165) is 22.4 Å². The van der Waals surface area contributed by atoms with Gasteiger partial charge < -0.3 is 14.6 Å². The van der Waals surface area contributed by atoms with Gasteiger partial charge in [0.1, 0.15) is 11.6 Å². The number of hydrogen-bond donors (Lipinski definition) is 1. The van der Waals surface area contributed by atoms with Gasteiger partial charge in [-0.3, -0.25) is 4.79 Å². The Morgan fingerprint density at radius 2 is 2.00 bits per heavy atom. The number of ether oxygens (including phenoxy) is 1. The van der Waals surface area contributed by atoms with Gasteiger partial charge in [0, 0.05) is 18.7 Å². The molecule has 1 aliphatic carbocycles. The molecule has 6 nitrogen and oxygen atoms in total. The van der Waals surface area contributed by atoms with Crippen molar-refractivity contribution in [3.8, 4) is 5.75 Å². The van der Waals surface area contributed by atoms with E-state index in [1.54, 1.807) is 0 Å². The van der Waals surface area contributed by atoms with Gasteiger partial charge >= 0.3 is 0 Å². The zero-order valence-electron chi connectivity index (χ0n) is 14.7. The molecule has 134 valence electrons. The number of hydrogen-bond acceptors (Lipinski definition) is 5. The predicted octanol–water partition coefficient (Wildman–Crippen LogP) is 3.60. The van der Waals surface area contributed by atoms with Crippen molar-refractivity contribution in [3.63, 3.8) is 0 Å². The van der Waals surface area contributed by atoms with Crippen molar-refractivity contribution in [2.75, 3.05) is 17.7 Å². The van der Waals surface area contributed by atoms with Crippen LogP contribution in [0.4, 0.5) is 5.69 Å². The molecule has 0 spiro atoms. The summed E-state index contributed by atoms with van der Waals surface area (Å²) in [7, 11) is 1.99. The van der Waals surface area contributed by atoms with Gasteiger partial charge in [0.05, 0.1) is 12.4 Å². The highest BCUT2D eigenvalue weighted by Gasteiger charge is 2.23. The van der Waals surface area contributed by atoms with Crippen molar-refractivity contribution in [3.05, 3.63) is 30.1 Å². The molecule has 0 radical (unpaired) electrons. The third kappa shape index (κ3) is 4.54. The first-order chi connectivity index (χ1) is 12.2. The molecule has 0 bridgehead atoms. The average Bonchev–Trinajstić information content (AvgIpc) is 3.25. The maximum atomic E-state index is 12.2. The Balaban J connectivity index is 1.52. The molecule has 25 heavy (non-hydrogen) atoms. The first-order valence-electron chi connectivity index (χ1n) is 8.72. The molecule has 1 amide bonds. The van der Waals surface area contributed by atoms with Crippen molar-refractivity contribution in [1.82, 2.24) is 14.8 Å². The van der Waals surface area contributed by atoms with Crippen molar-refractivity contribution >= 4 is 23.4 Å². The molecule has 1 aromatic carbocycles. The predicted molar refractivity (Wildman–Crippen MR) is 99.2 cm³/mol. The lowest BCUT2D eigenvalue weighted by atomic mass is 10.1. The van der Waals surface area contributed by atoms with Crippen LogP contribution < -0.4 is 10.1 Å². The molecule has 1 aromatic heterocycles. The number of nitrogens with zero attached hydrogens (tertiary/aromatic N) is 3. The lowest BCUT2D eigenvalue weighted by molar-refractivity contribution is -0.113. The number of thioether (sulfide) groups is 1. The van der Waals surface area contributed by atoms with E-state index >= 15 is 0 Å². The largest absolute Gasteiger partial charge is 0.494 e. The third-order valence-corrected chi connectivity index (χ3v) is 5.39. The maximum absolute atomic E-state index is 12.2. The second-order valence-corrected chi connectivity index (χ2v) is 7.12. The summed E-state index contributed by atoms with van der Waals surface area (Å²) in [5.74, 6) is 2.62. The summed E-state index contributed by atoms with van der Waals surface area (Å²) in [5.41, 5.74) is 0.763. The second-order valence-electron chi connectivity index (χ2n) is 6.18. The number of aromatic nitrogens is 3. The molecule has 0 atom stereocenters. The van der Waals surface area contributed by atoms with Crippen LogP contribution in [-0.4, -0.2) is 33.0 Å². The molecule has 1 fully saturated rings. The van der Waals surface area contributed by atoms with Crippen LogP contribution in [0.2, 0.25) is 0 Å². The summed E-state index contributed by atoms with van der Waals surface area (Å²) in [6.45, 7) is 2.57. The molecule has 0 saturated heterocycles. The minimum atomic E-state index is -0.0559. The molecule has 3 rings (SSSR count). The van der Waals surface area contributed by atoms with Crippen LogP contribution in [0.15, 0.2) is 29.4 Å². The molecule has 1 aliphatic rings. The van der Waals surface area contributed by atoms with Crippen LogP contribution in [0, 0.1) is 0 Å². The third-order valence-electron chi connectivity index (χ3n) is 4.37. The van der Waals surface area contributed by atoms with Gasteiger partial charge in [0.15, 0.2) is 5.16 Å². The molecule has 0 aliphatic heterocycles. The minimum absolute atomic E-state index is 0.0559. The fourth-order valence-electron chi connectivity index (χ4n) is 3.12. The molecule has 2 aromatic rings. The summed E-state index contributed by atoms with van der Waals surface area (Å²) in [6, 6.07) is 7.38. The Morgan fingerprint density at radius 3 is 2.68 bits per heavy atom. The number of nitrogens with one attached hydrogen (secondary N) is 1. The fourth-order valence-corrected chi connectivity index (χ4v) is 3.84. The van der Waals surface area contributed by atoms with Crippen LogP contribution in [0.1, 0.15) is 44.3 Å². The average molecular weight is 360 g/mol. The van der Waals surface area contributed by atoms with E-state index in [1.807, 2.05) is 42.8 Å². The highest BCUT2D eigenvalue weighted by Crippen LogP contribution is 2.33. The van der Waals surface area contributed by atoms with Crippen LogP contribution >= 0.6 is 11.8 Å². The molecule has 7 heteroatoms. The summed E-state index contributed by atoms with van der Waals surface area (Å²) < 4.78 is 7.43. The number of anilines is 1. The summed E-state index contributed by atoms with van der Waals surface area (Å²) in [4.78, 5) is 12.2. The fraction of sp³-hybridized carbons (Fsp3) is 0.500. The van der Waals surface area contributed by atoms with E-state index in [4.69, 9.17) is 4.74 Å². The van der Waals surface area contributed by atoms with Gasteiger partial charge in [-0.05, 0) is 44.0 Å². The van der Waals surface area contributed by atoms with E-state index in [-0.39, 0.29) is 5.91 Å². The number of rotatable bonds is 7. The Bertz CT molecular complexity index is 708. The zero-order chi connectivity index (χ0) is 17.6. The Morgan fingerprint density at radius 1 is 1.28 bits per heavy atom. The van der Waals surface area contributed by atoms with E-state index in [1.165, 1.54) is 37.4 Å². The molecule has 1 saturated carbocycles. The quantitative estimate of drug-likeness (QED) is 0.764. The van der Waals surface area contributed by atoms with Crippen molar-refractivity contribution < 1.29 is 9.53 Å². The van der Waals surface area contributed by atoms with E-state index in [9.17, 15) is 4.79 Å². The Labute approximate surface area is 152 Å². The van der Waals surface area contributed by atoms with Gasteiger partial charge in [-0.25, -0.2) is 0 Å². The van der Waals surface area contributed by atoms with Gasteiger partial charge in [0.2, 0.25) is 5.91 Å². The highest BCUT2D eigenvalue weighted by atomic mass is 32.2. The van der Waals surface area contributed by atoms with E-state index < -0.39 is 0 Å². The van der Waals surface area contributed by atoms with Crippen LogP contribution in [0.25, 0.3) is 0 Å². The number of carbonyl (C=O) groups excluding carboxylic acids is 1. The van der Waals surface area contributed by atoms with Crippen molar-refractivity contribution in [2.45, 2.75) is 43.7 Å². The van der Waals surface area contributed by atoms with Gasteiger partial charge in [-0.15, -0.1) is 10.2 Å². The van der Waals surface area contributed by atoms with Crippen molar-refractivity contribution in [2.24, 2.45) is 7.05 Å². The van der Waals surface area contributed by atoms with Gasteiger partial charge in [0.25, 0.3) is 0 Å². The highest BCUT2D eigenvalue weighted by molar-refractivity contribution is 7.99. The SMILES string of the molecule is CCOc1ccc(NC(=O)CSc2nnc(C3CCCC3)n2C)cc1. The van der Waals surface area contributed by atoms with E-state index in [2.05, 4.69) is 15.5 Å². The molecular formula is C18H24N4O2S. The zero-order valence-corrected chi connectivity index (χ0v) is 15.5. The second kappa shape index (κ2) is 8.38. The summed E-state index contributed by atoms with van der Waals surface area (Å²) in [5, 5.41) is 12.3. The van der Waals surface area contributed by atoms with Crippen LogP contribution in [0.5, 0.6) is 5.75 Å². The number of benzene rings is 1. The first kappa shape index (κ1) is 17.8. The Hall–Kier alpha value is -2.02. The summed E-state index contributed by atoms with van der Waals surface area (Å²) >= 11 is 1.42. The van der Waals surface area contributed by atoms with Gasteiger partial charge in [-0.2, -0.15) is 0 Å². The first-order valence-corrected chi connectivity index (χ1v) is 9.70. The molecule has 0 unspecified atom stereocenters. The normalized spacial score (nSPS) is 14.6. The molecular weight excluding hydrogens is 336 g/mol. The lowest BCUT2D eigenvalue weighted by Gasteiger charge is -2.09. The topological polar surface area (TPSA) is 69.0 Å². The monoisotopic (exact) mass is 360 g/mol. The maximum Gasteiger partial charge on any atom is 0.234 e. The van der Waals surface area contributed by atoms with Crippen LogP contribution in [0.3, 0.4) is 0 Å². The van der Waals surface area contributed by atoms with Gasteiger partial charge in [-0.1, -0.05) is 24.6 Å². The lowest BCUT2D eigenvalue weighted by Crippen LogP contribution is -2.14. The Kier molecular flexibility index (Phi) is 5.96. The molecule has 1 N–H and O–H groups in total. The van der Waals surface area contributed by atoms with E-state index in [0.29, 0.717) is 18.3 Å². The summed E-state index contributed by atoms with van der Waals surface area (Å²) in [6.07, 6.45) is 4.92. The smallest absolute Gasteiger partial charge is 0.234 e. The standard InChI is InChI=1S/C18H24N4O2S/c1-3-24-15-10-8-14(9-11-15)19-16(23)12-25-18-21-20-17(22(18)2)13-6-4-5-7-13/h8-11,13H,3-7,12H2,1-2H3,(H,19,23). The minimum Gasteiger partial charge on any atom is -0.494 e. The molecule has 1 heterocycles.